The highest BCUT2D eigenvalue weighted by Crippen LogP contribution is 2.64. The van der Waals surface area contributed by atoms with Gasteiger partial charge in [-0.05, 0) is 48.4 Å². The summed E-state index contributed by atoms with van der Waals surface area (Å²) in [5, 5.41) is 0. The number of anilines is 1. The molecule has 0 heterocycles. The fourth-order valence-electron chi connectivity index (χ4n) is 4.28. The molecule has 0 amide bonds. The van der Waals surface area contributed by atoms with E-state index in [-0.39, 0.29) is 17.0 Å². The summed E-state index contributed by atoms with van der Waals surface area (Å²) >= 11 is 0. The van der Waals surface area contributed by atoms with E-state index in [1.54, 1.807) is 24.3 Å². The number of ketones is 1. The fraction of sp³-hybridized carbons (Fsp3) is 0.500. The van der Waals surface area contributed by atoms with Crippen molar-refractivity contribution in [2.24, 2.45) is 16.7 Å². The van der Waals surface area contributed by atoms with Crippen molar-refractivity contribution in [1.29, 1.82) is 0 Å². The topological polar surface area (TPSA) is 63.2 Å². The van der Waals surface area contributed by atoms with Crippen LogP contribution in [0.3, 0.4) is 0 Å². The molecule has 0 radical (unpaired) electrons. The number of benzene rings is 1. The van der Waals surface area contributed by atoms with Crippen molar-refractivity contribution in [3.63, 3.8) is 0 Å². The molecule has 3 rings (SSSR count). The van der Waals surface area contributed by atoms with Crippen LogP contribution in [0.15, 0.2) is 24.3 Å². The van der Waals surface area contributed by atoms with Gasteiger partial charge in [0, 0.05) is 17.7 Å². The Kier molecular flexibility index (Phi) is 3.57. The molecule has 0 aromatic heterocycles. The number of carbonyl (C=O) groups is 1. The minimum absolute atomic E-state index is 0.104. The van der Waals surface area contributed by atoms with Crippen LogP contribution in [-0.2, 0) is 14.8 Å². The Hall–Kier alpha value is -1.80. The number of terminal acetylenes is 1. The molecule has 0 aliphatic heterocycles. The summed E-state index contributed by atoms with van der Waals surface area (Å²) in [5.41, 5.74) is 0.157. The number of rotatable bonds is 4. The zero-order chi connectivity index (χ0) is 16.9. The Bertz CT molecular complexity index is 787. The third-order valence-corrected chi connectivity index (χ3v) is 7.32. The van der Waals surface area contributed by atoms with E-state index in [1.165, 1.54) is 0 Å². The van der Waals surface area contributed by atoms with Gasteiger partial charge in [-0.15, -0.1) is 6.42 Å². The van der Waals surface area contributed by atoms with E-state index in [1.807, 2.05) is 13.8 Å². The van der Waals surface area contributed by atoms with Crippen LogP contribution >= 0.6 is 0 Å². The van der Waals surface area contributed by atoms with E-state index >= 15 is 0 Å². The van der Waals surface area contributed by atoms with Crippen LogP contribution in [0.4, 0.5) is 5.69 Å². The van der Waals surface area contributed by atoms with E-state index in [0.29, 0.717) is 30.0 Å². The molecule has 122 valence electrons. The van der Waals surface area contributed by atoms with Gasteiger partial charge >= 0.3 is 0 Å². The van der Waals surface area contributed by atoms with Crippen molar-refractivity contribution in [3.8, 4) is 12.3 Å². The highest BCUT2D eigenvalue weighted by molar-refractivity contribution is 7.92. The molecule has 1 aromatic rings. The number of Topliss-reactive ketones (excluding diaryl/α,β-unsaturated/α-hetero) is 1. The maximum atomic E-state index is 12.6. The summed E-state index contributed by atoms with van der Waals surface area (Å²) < 4.78 is 27.8. The Morgan fingerprint density at radius 1 is 1.30 bits per heavy atom. The Labute approximate surface area is 137 Å². The Morgan fingerprint density at radius 2 is 1.96 bits per heavy atom. The average molecular weight is 331 g/mol. The smallest absolute Gasteiger partial charge is 0.233 e. The van der Waals surface area contributed by atoms with Crippen LogP contribution < -0.4 is 4.72 Å². The molecule has 1 N–H and O–H groups in total. The monoisotopic (exact) mass is 331 g/mol. The van der Waals surface area contributed by atoms with Gasteiger partial charge in [0.2, 0.25) is 10.0 Å². The second-order valence-electron chi connectivity index (χ2n) is 7.25. The number of carbonyl (C=O) groups excluding carboxylic acids is 1. The lowest BCUT2D eigenvalue weighted by Crippen LogP contribution is -2.43. The van der Waals surface area contributed by atoms with Gasteiger partial charge in [0.1, 0.15) is 5.78 Å². The van der Waals surface area contributed by atoms with Gasteiger partial charge in [-0.1, -0.05) is 19.8 Å². The van der Waals surface area contributed by atoms with Gasteiger partial charge in [-0.25, -0.2) is 8.42 Å². The molecular weight excluding hydrogens is 310 g/mol. The molecule has 5 heteroatoms. The third kappa shape index (κ3) is 2.46. The quantitative estimate of drug-likeness (QED) is 0.863. The molecule has 2 unspecified atom stereocenters. The average Bonchev–Trinajstić information content (AvgIpc) is 2.81. The Morgan fingerprint density at radius 3 is 2.43 bits per heavy atom. The molecule has 2 aliphatic carbocycles. The standard InChI is InChI=1S/C18H21NO3S/c1-4-13-5-7-15(8-6-13)19-23(21,22)12-18-10-9-14(11-16(18)20)17(18,2)3/h1,5-8,14,19H,9-12H2,2-3H3. The first-order valence-electron chi connectivity index (χ1n) is 7.81. The van der Waals surface area contributed by atoms with Crippen LogP contribution in [0.2, 0.25) is 0 Å². The predicted molar refractivity (Wildman–Crippen MR) is 90.3 cm³/mol. The van der Waals surface area contributed by atoms with Crippen LogP contribution in [0.25, 0.3) is 0 Å². The molecule has 0 spiro atoms. The lowest BCUT2D eigenvalue weighted by molar-refractivity contribution is -0.128. The van der Waals surface area contributed by atoms with Gasteiger partial charge in [0.15, 0.2) is 0 Å². The molecular formula is C18H21NO3S. The number of hydrogen-bond acceptors (Lipinski definition) is 3. The summed E-state index contributed by atoms with van der Waals surface area (Å²) in [6.07, 6.45) is 7.41. The summed E-state index contributed by atoms with van der Waals surface area (Å²) in [6, 6.07) is 6.66. The van der Waals surface area contributed by atoms with E-state index in [2.05, 4.69) is 10.6 Å². The maximum absolute atomic E-state index is 12.6. The summed E-state index contributed by atoms with van der Waals surface area (Å²) in [7, 11) is -3.61. The van der Waals surface area contributed by atoms with Gasteiger partial charge in [0.25, 0.3) is 0 Å². The molecule has 2 atom stereocenters. The molecule has 23 heavy (non-hydrogen) atoms. The van der Waals surface area contributed by atoms with Crippen molar-refractivity contribution < 1.29 is 13.2 Å². The maximum Gasteiger partial charge on any atom is 0.233 e. The molecule has 1 aromatic carbocycles. The number of sulfonamides is 1. The molecule has 4 nitrogen and oxygen atoms in total. The lowest BCUT2D eigenvalue weighted by Gasteiger charge is -2.36. The summed E-state index contributed by atoms with van der Waals surface area (Å²) in [6.45, 7) is 4.07. The molecule has 0 saturated heterocycles. The second kappa shape index (κ2) is 5.10. The summed E-state index contributed by atoms with van der Waals surface area (Å²) in [4.78, 5) is 12.5. The minimum Gasteiger partial charge on any atom is -0.299 e. The van der Waals surface area contributed by atoms with E-state index in [0.717, 1.165) is 6.42 Å². The first-order chi connectivity index (χ1) is 10.7. The van der Waals surface area contributed by atoms with E-state index in [9.17, 15) is 13.2 Å². The minimum atomic E-state index is -3.61. The molecule has 2 fully saturated rings. The fourth-order valence-corrected chi connectivity index (χ4v) is 6.18. The predicted octanol–water partition coefficient (Wildman–Crippen LogP) is 2.81. The van der Waals surface area contributed by atoms with Gasteiger partial charge in [-0.2, -0.15) is 0 Å². The summed E-state index contributed by atoms with van der Waals surface area (Å²) in [5.74, 6) is 2.76. The first kappa shape index (κ1) is 16.1. The van der Waals surface area contributed by atoms with Gasteiger partial charge in [-0.3, -0.25) is 9.52 Å². The SMILES string of the molecule is C#Cc1ccc(NS(=O)(=O)CC23CCC(CC2=O)C3(C)C)cc1. The largest absolute Gasteiger partial charge is 0.299 e. The van der Waals surface area contributed by atoms with Crippen molar-refractivity contribution in [2.75, 3.05) is 10.5 Å². The Balaban J connectivity index is 1.83. The van der Waals surface area contributed by atoms with Crippen LogP contribution in [0.1, 0.15) is 38.7 Å². The first-order valence-corrected chi connectivity index (χ1v) is 9.46. The van der Waals surface area contributed by atoms with E-state index < -0.39 is 15.4 Å². The van der Waals surface area contributed by atoms with Crippen molar-refractivity contribution >= 4 is 21.5 Å². The lowest BCUT2D eigenvalue weighted by atomic mass is 9.70. The third-order valence-electron chi connectivity index (χ3n) is 5.90. The molecule has 2 saturated carbocycles. The number of hydrogen-bond donors (Lipinski definition) is 1. The zero-order valence-corrected chi connectivity index (χ0v) is 14.2. The van der Waals surface area contributed by atoms with Crippen molar-refractivity contribution in [1.82, 2.24) is 0 Å². The van der Waals surface area contributed by atoms with Crippen LogP contribution in [0.5, 0.6) is 0 Å². The normalized spacial score (nSPS) is 28.6. The van der Waals surface area contributed by atoms with Crippen LogP contribution in [-0.4, -0.2) is 20.0 Å². The highest BCUT2D eigenvalue weighted by atomic mass is 32.2. The van der Waals surface area contributed by atoms with Gasteiger partial charge in [0.05, 0.1) is 11.2 Å². The van der Waals surface area contributed by atoms with Crippen molar-refractivity contribution in [3.05, 3.63) is 29.8 Å². The highest BCUT2D eigenvalue weighted by Gasteiger charge is 2.65. The second-order valence-corrected chi connectivity index (χ2v) is 8.97. The number of nitrogens with one attached hydrogen (secondary N) is 1. The zero-order valence-electron chi connectivity index (χ0n) is 13.4. The molecule has 2 aliphatic rings. The van der Waals surface area contributed by atoms with Gasteiger partial charge < -0.3 is 0 Å². The van der Waals surface area contributed by atoms with Crippen molar-refractivity contribution in [2.45, 2.75) is 33.1 Å². The molecule has 2 bridgehead atoms. The van der Waals surface area contributed by atoms with E-state index in [4.69, 9.17) is 6.42 Å². The number of fused-ring (bicyclic) bond motifs is 2. The van der Waals surface area contributed by atoms with Crippen LogP contribution in [0, 0.1) is 29.1 Å².